The summed E-state index contributed by atoms with van der Waals surface area (Å²) < 4.78 is 6.44. The summed E-state index contributed by atoms with van der Waals surface area (Å²) in [5.41, 5.74) is 2.97. The van der Waals surface area contributed by atoms with Crippen LogP contribution in [0.2, 0.25) is 18.1 Å². The van der Waals surface area contributed by atoms with Gasteiger partial charge in [-0.05, 0) is 42.2 Å². The van der Waals surface area contributed by atoms with Crippen molar-refractivity contribution in [3.05, 3.63) is 35.4 Å². The fourth-order valence-corrected chi connectivity index (χ4v) is 3.49. The lowest BCUT2D eigenvalue weighted by Crippen LogP contribution is -2.42. The van der Waals surface area contributed by atoms with E-state index in [2.05, 4.69) is 63.4 Å². The van der Waals surface area contributed by atoms with Gasteiger partial charge in [-0.1, -0.05) is 45.0 Å². The molecule has 3 heteroatoms. The first kappa shape index (κ1) is 15.7. The Bertz CT molecular complexity index is 451. The van der Waals surface area contributed by atoms with Crippen LogP contribution in [0, 0.1) is 0 Å². The zero-order valence-corrected chi connectivity index (χ0v) is 14.6. The zero-order valence-electron chi connectivity index (χ0n) is 13.6. The molecule has 0 saturated heterocycles. The summed E-state index contributed by atoms with van der Waals surface area (Å²) in [6.07, 6.45) is 1.13. The monoisotopic (exact) mass is 291 g/mol. The predicted octanol–water partition coefficient (Wildman–Crippen LogP) is 3.94. The van der Waals surface area contributed by atoms with Crippen LogP contribution in [0.15, 0.2) is 24.3 Å². The van der Waals surface area contributed by atoms with Gasteiger partial charge in [0.1, 0.15) is 0 Å². The second-order valence-corrected chi connectivity index (χ2v) is 12.2. The number of hydrogen-bond acceptors (Lipinski definition) is 2. The molecule has 1 aromatic carbocycles. The SMILES string of the molecule is CC(C)(C)[Si](C)(C)OCC1CNCCc2ccccc21. The molecule has 112 valence electrons. The van der Waals surface area contributed by atoms with E-state index in [0.29, 0.717) is 5.92 Å². The average Bonchev–Trinajstić information content (AvgIpc) is 2.57. The van der Waals surface area contributed by atoms with Crippen molar-refractivity contribution in [1.82, 2.24) is 5.32 Å². The van der Waals surface area contributed by atoms with Crippen molar-refractivity contribution in [2.24, 2.45) is 0 Å². The Morgan fingerprint density at radius 2 is 1.95 bits per heavy atom. The van der Waals surface area contributed by atoms with Gasteiger partial charge in [-0.2, -0.15) is 0 Å². The van der Waals surface area contributed by atoms with Gasteiger partial charge in [0.25, 0.3) is 0 Å². The Kier molecular flexibility index (Phi) is 4.72. The number of nitrogens with one attached hydrogen (secondary N) is 1. The van der Waals surface area contributed by atoms with Crippen LogP contribution in [0.3, 0.4) is 0 Å². The summed E-state index contributed by atoms with van der Waals surface area (Å²) in [6, 6.07) is 8.85. The molecule has 1 heterocycles. The fourth-order valence-electron chi connectivity index (χ4n) is 2.44. The van der Waals surface area contributed by atoms with E-state index in [-0.39, 0.29) is 5.04 Å². The van der Waals surface area contributed by atoms with E-state index in [1.165, 1.54) is 11.1 Å². The highest BCUT2D eigenvalue weighted by Gasteiger charge is 2.37. The summed E-state index contributed by atoms with van der Waals surface area (Å²) in [5, 5.41) is 3.84. The van der Waals surface area contributed by atoms with Crippen LogP contribution in [-0.2, 0) is 10.8 Å². The lowest BCUT2D eigenvalue weighted by atomic mass is 9.95. The molecule has 1 atom stereocenters. The maximum absolute atomic E-state index is 6.44. The Morgan fingerprint density at radius 3 is 2.65 bits per heavy atom. The van der Waals surface area contributed by atoms with Gasteiger partial charge in [-0.3, -0.25) is 0 Å². The molecule has 0 fully saturated rings. The van der Waals surface area contributed by atoms with Crippen LogP contribution in [0.4, 0.5) is 0 Å². The van der Waals surface area contributed by atoms with Gasteiger partial charge in [-0.15, -0.1) is 0 Å². The molecule has 0 spiro atoms. The lowest BCUT2D eigenvalue weighted by molar-refractivity contribution is 0.260. The fraction of sp³-hybridized carbons (Fsp3) is 0.647. The molecule has 0 aliphatic carbocycles. The van der Waals surface area contributed by atoms with Gasteiger partial charge in [0.05, 0.1) is 0 Å². The molecule has 1 N–H and O–H groups in total. The molecule has 0 amide bonds. The van der Waals surface area contributed by atoms with Gasteiger partial charge in [-0.25, -0.2) is 0 Å². The van der Waals surface area contributed by atoms with Crippen molar-refractivity contribution in [3.8, 4) is 0 Å². The minimum Gasteiger partial charge on any atom is -0.416 e. The van der Waals surface area contributed by atoms with Crippen LogP contribution in [0.5, 0.6) is 0 Å². The normalized spacial score (nSPS) is 20.4. The van der Waals surface area contributed by atoms with Crippen molar-refractivity contribution >= 4 is 8.32 Å². The van der Waals surface area contributed by atoms with E-state index >= 15 is 0 Å². The van der Waals surface area contributed by atoms with Crippen LogP contribution < -0.4 is 5.32 Å². The van der Waals surface area contributed by atoms with E-state index in [1.54, 1.807) is 0 Å². The van der Waals surface area contributed by atoms with Crippen molar-refractivity contribution in [2.75, 3.05) is 19.7 Å². The zero-order chi connectivity index (χ0) is 14.8. The van der Waals surface area contributed by atoms with Gasteiger partial charge in [0.15, 0.2) is 8.32 Å². The lowest BCUT2D eigenvalue weighted by Gasteiger charge is -2.37. The summed E-state index contributed by atoms with van der Waals surface area (Å²) in [6.45, 7) is 14.5. The quantitative estimate of drug-likeness (QED) is 0.852. The molecule has 1 aliphatic heterocycles. The van der Waals surface area contributed by atoms with Gasteiger partial charge in [0.2, 0.25) is 0 Å². The van der Waals surface area contributed by atoms with E-state index in [4.69, 9.17) is 4.43 Å². The van der Waals surface area contributed by atoms with E-state index in [0.717, 1.165) is 26.1 Å². The Morgan fingerprint density at radius 1 is 1.25 bits per heavy atom. The first-order valence-corrected chi connectivity index (χ1v) is 10.6. The molecule has 0 aromatic heterocycles. The highest BCUT2D eigenvalue weighted by atomic mass is 28.4. The van der Waals surface area contributed by atoms with Crippen LogP contribution in [0.25, 0.3) is 0 Å². The summed E-state index contributed by atoms with van der Waals surface area (Å²) in [5.74, 6) is 0.489. The maximum atomic E-state index is 6.44. The average molecular weight is 292 g/mol. The van der Waals surface area contributed by atoms with Crippen molar-refractivity contribution in [3.63, 3.8) is 0 Å². The third kappa shape index (κ3) is 3.51. The minimum atomic E-state index is -1.65. The van der Waals surface area contributed by atoms with Crippen molar-refractivity contribution in [1.29, 1.82) is 0 Å². The second kappa shape index (κ2) is 6.00. The number of rotatable bonds is 3. The molecular weight excluding hydrogens is 262 g/mol. The Balaban J connectivity index is 2.10. The standard InChI is InChI=1S/C17H29NOSi/c1-17(2,3)20(4,5)19-13-15-12-18-11-10-14-8-6-7-9-16(14)15/h6-9,15,18H,10-13H2,1-5H3. The molecule has 1 aromatic rings. The molecule has 2 nitrogen and oxygen atoms in total. The minimum absolute atomic E-state index is 0.282. The first-order chi connectivity index (χ1) is 9.31. The van der Waals surface area contributed by atoms with Crippen molar-refractivity contribution in [2.45, 2.75) is 51.2 Å². The van der Waals surface area contributed by atoms with Gasteiger partial charge < -0.3 is 9.74 Å². The first-order valence-electron chi connectivity index (χ1n) is 7.74. The van der Waals surface area contributed by atoms with Crippen molar-refractivity contribution < 1.29 is 4.43 Å². The van der Waals surface area contributed by atoms with Gasteiger partial charge >= 0.3 is 0 Å². The summed E-state index contributed by atoms with van der Waals surface area (Å²) in [4.78, 5) is 0. The third-order valence-electron chi connectivity index (χ3n) is 4.91. The molecule has 20 heavy (non-hydrogen) atoms. The van der Waals surface area contributed by atoms with E-state index in [1.807, 2.05) is 0 Å². The molecule has 0 saturated carbocycles. The van der Waals surface area contributed by atoms with E-state index in [9.17, 15) is 0 Å². The number of benzene rings is 1. The molecule has 1 aliphatic rings. The second-order valence-electron chi connectivity index (χ2n) is 7.42. The third-order valence-corrected chi connectivity index (χ3v) is 9.41. The van der Waals surface area contributed by atoms with Crippen LogP contribution in [-0.4, -0.2) is 28.0 Å². The summed E-state index contributed by atoms with van der Waals surface area (Å²) in [7, 11) is -1.65. The predicted molar refractivity (Wildman–Crippen MR) is 88.9 cm³/mol. The maximum Gasteiger partial charge on any atom is 0.192 e. The highest BCUT2D eigenvalue weighted by Crippen LogP contribution is 2.37. The Labute approximate surface area is 125 Å². The van der Waals surface area contributed by atoms with Crippen LogP contribution >= 0.6 is 0 Å². The summed E-state index contributed by atoms with van der Waals surface area (Å²) >= 11 is 0. The van der Waals surface area contributed by atoms with E-state index < -0.39 is 8.32 Å². The topological polar surface area (TPSA) is 21.3 Å². The number of fused-ring (bicyclic) bond motifs is 1. The van der Waals surface area contributed by atoms with Crippen LogP contribution in [0.1, 0.15) is 37.8 Å². The van der Waals surface area contributed by atoms with Gasteiger partial charge in [0, 0.05) is 19.1 Å². The molecule has 1 unspecified atom stereocenters. The largest absolute Gasteiger partial charge is 0.416 e. The molecule has 0 bridgehead atoms. The molecule has 0 radical (unpaired) electrons. The molecular formula is C17H29NOSi. The highest BCUT2D eigenvalue weighted by molar-refractivity contribution is 6.74. The Hall–Kier alpha value is -0.643. The number of hydrogen-bond donors (Lipinski definition) is 1. The molecule has 2 rings (SSSR count). The smallest absolute Gasteiger partial charge is 0.192 e.